The van der Waals surface area contributed by atoms with Crippen molar-refractivity contribution in [2.75, 3.05) is 26.8 Å². The van der Waals surface area contributed by atoms with Gasteiger partial charge < -0.3 is 19.9 Å². The van der Waals surface area contributed by atoms with Crippen molar-refractivity contribution < 1.29 is 14.6 Å². The lowest BCUT2D eigenvalue weighted by Crippen LogP contribution is -2.20. The molecule has 1 atom stereocenters. The Morgan fingerprint density at radius 1 is 1.17 bits per heavy atom. The SMILES string of the molecule is CNCC(O)c1cc2c(cc1C(C)C)OCCO2. The zero-order chi connectivity index (χ0) is 13.1. The smallest absolute Gasteiger partial charge is 0.161 e. The highest BCUT2D eigenvalue weighted by atomic mass is 16.6. The van der Waals surface area contributed by atoms with Gasteiger partial charge in [0.25, 0.3) is 0 Å². The van der Waals surface area contributed by atoms with E-state index in [4.69, 9.17) is 9.47 Å². The van der Waals surface area contributed by atoms with E-state index in [1.807, 2.05) is 19.2 Å². The summed E-state index contributed by atoms with van der Waals surface area (Å²) < 4.78 is 11.2. The van der Waals surface area contributed by atoms with E-state index in [9.17, 15) is 5.11 Å². The van der Waals surface area contributed by atoms with Gasteiger partial charge in [0.2, 0.25) is 0 Å². The fraction of sp³-hybridized carbons (Fsp3) is 0.571. The Kier molecular flexibility index (Phi) is 4.09. The molecule has 1 aliphatic heterocycles. The highest BCUT2D eigenvalue weighted by molar-refractivity contribution is 5.50. The first-order valence-electron chi connectivity index (χ1n) is 6.39. The van der Waals surface area contributed by atoms with Crippen molar-refractivity contribution in [3.05, 3.63) is 23.3 Å². The largest absolute Gasteiger partial charge is 0.486 e. The highest BCUT2D eigenvalue weighted by Gasteiger charge is 2.20. The monoisotopic (exact) mass is 251 g/mol. The van der Waals surface area contributed by atoms with Crippen LogP contribution in [0.4, 0.5) is 0 Å². The van der Waals surface area contributed by atoms with Crippen LogP contribution in [0.1, 0.15) is 37.0 Å². The van der Waals surface area contributed by atoms with Crippen LogP contribution in [0.5, 0.6) is 11.5 Å². The molecule has 0 saturated carbocycles. The number of rotatable bonds is 4. The average Bonchev–Trinajstić information content (AvgIpc) is 2.37. The van der Waals surface area contributed by atoms with Crippen LogP contribution in [0.25, 0.3) is 0 Å². The van der Waals surface area contributed by atoms with Crippen molar-refractivity contribution in [3.63, 3.8) is 0 Å². The third-order valence-corrected chi connectivity index (χ3v) is 3.13. The number of hydrogen-bond donors (Lipinski definition) is 2. The van der Waals surface area contributed by atoms with Crippen LogP contribution >= 0.6 is 0 Å². The summed E-state index contributed by atoms with van der Waals surface area (Å²) in [5.74, 6) is 1.85. The van der Waals surface area contributed by atoms with Gasteiger partial charge >= 0.3 is 0 Å². The lowest BCUT2D eigenvalue weighted by molar-refractivity contribution is 0.163. The van der Waals surface area contributed by atoms with Crippen LogP contribution in [0, 0.1) is 0 Å². The fourth-order valence-electron chi connectivity index (χ4n) is 2.21. The number of hydrogen-bond acceptors (Lipinski definition) is 4. The molecule has 18 heavy (non-hydrogen) atoms. The number of aliphatic hydroxyl groups is 1. The Balaban J connectivity index is 2.42. The molecule has 2 N–H and O–H groups in total. The van der Waals surface area contributed by atoms with Crippen molar-refractivity contribution in [1.29, 1.82) is 0 Å². The number of ether oxygens (including phenoxy) is 2. The van der Waals surface area contributed by atoms with Gasteiger partial charge in [-0.05, 0) is 36.2 Å². The molecule has 4 nitrogen and oxygen atoms in total. The van der Waals surface area contributed by atoms with Crippen LogP contribution in [0.15, 0.2) is 12.1 Å². The number of benzene rings is 1. The van der Waals surface area contributed by atoms with Gasteiger partial charge in [0.15, 0.2) is 11.5 Å². The van der Waals surface area contributed by atoms with E-state index in [-0.39, 0.29) is 0 Å². The van der Waals surface area contributed by atoms with E-state index < -0.39 is 6.10 Å². The first-order chi connectivity index (χ1) is 8.63. The predicted molar refractivity (Wildman–Crippen MR) is 70.4 cm³/mol. The van der Waals surface area contributed by atoms with Gasteiger partial charge in [-0.2, -0.15) is 0 Å². The van der Waals surface area contributed by atoms with E-state index >= 15 is 0 Å². The van der Waals surface area contributed by atoms with Crippen LogP contribution in [0.2, 0.25) is 0 Å². The normalized spacial score (nSPS) is 15.8. The molecule has 0 radical (unpaired) electrons. The van der Waals surface area contributed by atoms with Crippen molar-refractivity contribution in [2.45, 2.75) is 25.9 Å². The molecule has 0 aromatic heterocycles. The minimum atomic E-state index is -0.525. The summed E-state index contributed by atoms with van der Waals surface area (Å²) in [6.07, 6.45) is -0.525. The molecule has 4 heteroatoms. The predicted octanol–water partition coefficient (Wildman–Crippen LogP) is 1.83. The van der Waals surface area contributed by atoms with E-state index in [2.05, 4.69) is 19.2 Å². The number of likely N-dealkylation sites (N-methyl/N-ethyl adjacent to an activating group) is 1. The van der Waals surface area contributed by atoms with Gasteiger partial charge in [-0.25, -0.2) is 0 Å². The molecule has 0 aliphatic carbocycles. The van der Waals surface area contributed by atoms with Crippen molar-refractivity contribution >= 4 is 0 Å². The summed E-state index contributed by atoms with van der Waals surface area (Å²) >= 11 is 0. The molecule has 0 fully saturated rings. The Labute approximate surface area is 108 Å². The van der Waals surface area contributed by atoms with Gasteiger partial charge in [-0.1, -0.05) is 13.8 Å². The lowest BCUT2D eigenvalue weighted by atomic mass is 9.93. The summed E-state index contributed by atoms with van der Waals surface area (Å²) in [6.45, 7) is 5.90. The van der Waals surface area contributed by atoms with E-state index in [0.717, 1.165) is 22.6 Å². The molecule has 1 aromatic carbocycles. The molecule has 2 rings (SSSR count). The second kappa shape index (κ2) is 5.59. The van der Waals surface area contributed by atoms with Gasteiger partial charge in [0.05, 0.1) is 6.10 Å². The zero-order valence-corrected chi connectivity index (χ0v) is 11.2. The minimum Gasteiger partial charge on any atom is -0.486 e. The highest BCUT2D eigenvalue weighted by Crippen LogP contribution is 2.38. The molecular weight excluding hydrogens is 230 g/mol. The summed E-state index contributed by atoms with van der Waals surface area (Å²) in [7, 11) is 1.83. The Bertz CT molecular complexity index is 418. The maximum Gasteiger partial charge on any atom is 0.161 e. The second-order valence-electron chi connectivity index (χ2n) is 4.85. The quantitative estimate of drug-likeness (QED) is 0.857. The molecule has 1 heterocycles. The van der Waals surface area contributed by atoms with Crippen LogP contribution in [-0.4, -0.2) is 31.9 Å². The Morgan fingerprint density at radius 2 is 1.72 bits per heavy atom. The van der Waals surface area contributed by atoms with Crippen LogP contribution in [-0.2, 0) is 0 Å². The third kappa shape index (κ3) is 2.60. The topological polar surface area (TPSA) is 50.7 Å². The molecular formula is C14H21NO3. The Hall–Kier alpha value is -1.26. The lowest BCUT2D eigenvalue weighted by Gasteiger charge is -2.24. The molecule has 100 valence electrons. The molecule has 0 spiro atoms. The number of aliphatic hydroxyl groups excluding tert-OH is 1. The molecule has 1 aromatic rings. The van der Waals surface area contributed by atoms with E-state index in [1.54, 1.807) is 0 Å². The van der Waals surface area contributed by atoms with E-state index in [1.165, 1.54) is 0 Å². The van der Waals surface area contributed by atoms with Gasteiger partial charge in [0.1, 0.15) is 13.2 Å². The first-order valence-corrected chi connectivity index (χ1v) is 6.39. The van der Waals surface area contributed by atoms with Crippen molar-refractivity contribution in [3.8, 4) is 11.5 Å². The standard InChI is InChI=1S/C14H21NO3/c1-9(2)10-6-13-14(18-5-4-17-13)7-11(10)12(16)8-15-3/h6-7,9,12,15-16H,4-5,8H2,1-3H3. The van der Waals surface area contributed by atoms with Gasteiger partial charge in [-0.15, -0.1) is 0 Å². The van der Waals surface area contributed by atoms with Gasteiger partial charge in [0, 0.05) is 6.54 Å². The minimum absolute atomic E-state index is 0.335. The van der Waals surface area contributed by atoms with Crippen molar-refractivity contribution in [1.82, 2.24) is 5.32 Å². The number of nitrogens with one attached hydrogen (secondary N) is 1. The van der Waals surface area contributed by atoms with Crippen LogP contribution < -0.4 is 14.8 Å². The molecule has 0 amide bonds. The molecule has 0 bridgehead atoms. The second-order valence-corrected chi connectivity index (χ2v) is 4.85. The molecule has 0 saturated heterocycles. The van der Waals surface area contributed by atoms with Crippen LogP contribution in [0.3, 0.4) is 0 Å². The molecule has 1 aliphatic rings. The maximum atomic E-state index is 10.2. The zero-order valence-electron chi connectivity index (χ0n) is 11.2. The number of fused-ring (bicyclic) bond motifs is 1. The fourth-order valence-corrected chi connectivity index (χ4v) is 2.21. The summed E-state index contributed by atoms with van der Waals surface area (Å²) in [5, 5.41) is 13.2. The summed E-state index contributed by atoms with van der Waals surface area (Å²) in [6, 6.07) is 3.90. The average molecular weight is 251 g/mol. The maximum absolute atomic E-state index is 10.2. The third-order valence-electron chi connectivity index (χ3n) is 3.13. The van der Waals surface area contributed by atoms with Gasteiger partial charge in [-0.3, -0.25) is 0 Å². The van der Waals surface area contributed by atoms with E-state index in [0.29, 0.717) is 25.7 Å². The molecule has 1 unspecified atom stereocenters. The summed E-state index contributed by atoms with van der Waals surface area (Å²) in [5.41, 5.74) is 2.03. The summed E-state index contributed by atoms with van der Waals surface area (Å²) in [4.78, 5) is 0. The Morgan fingerprint density at radius 3 is 2.22 bits per heavy atom. The van der Waals surface area contributed by atoms with Crippen molar-refractivity contribution in [2.24, 2.45) is 0 Å². The first kappa shape index (κ1) is 13.2.